The summed E-state index contributed by atoms with van der Waals surface area (Å²) in [4.78, 5) is 8.40. The van der Waals surface area contributed by atoms with Crippen LogP contribution in [0.15, 0.2) is 55.1 Å². The lowest BCUT2D eigenvalue weighted by Crippen LogP contribution is -2.07. The summed E-state index contributed by atoms with van der Waals surface area (Å²) >= 11 is 6.08. The van der Waals surface area contributed by atoms with Gasteiger partial charge in [-0.05, 0) is 36.8 Å². The summed E-state index contributed by atoms with van der Waals surface area (Å²) in [5.74, 6) is 0.507. The Kier molecular flexibility index (Phi) is 3.62. The quantitative estimate of drug-likeness (QED) is 0.800. The fourth-order valence-electron chi connectivity index (χ4n) is 2.32. The Bertz CT molecular complexity index is 749. The van der Waals surface area contributed by atoms with E-state index in [1.54, 1.807) is 12.3 Å². The molecule has 1 aromatic carbocycles. The van der Waals surface area contributed by atoms with Crippen molar-refractivity contribution in [1.82, 2.24) is 14.5 Å². The summed E-state index contributed by atoms with van der Waals surface area (Å²) < 4.78 is 2.10. The number of hydrogen-bond acceptors (Lipinski definition) is 3. The van der Waals surface area contributed by atoms with Crippen LogP contribution in [0.1, 0.15) is 18.5 Å². The molecule has 3 rings (SSSR count). The van der Waals surface area contributed by atoms with Gasteiger partial charge in [0.2, 0.25) is 0 Å². The molecular formula is C16H15ClN4. The molecule has 4 nitrogen and oxygen atoms in total. The minimum absolute atomic E-state index is 0.124. The van der Waals surface area contributed by atoms with Crippen LogP contribution in [0.25, 0.3) is 11.3 Å². The van der Waals surface area contributed by atoms with E-state index in [9.17, 15) is 0 Å². The van der Waals surface area contributed by atoms with Crippen molar-refractivity contribution in [3.05, 3.63) is 65.7 Å². The molecule has 0 saturated carbocycles. The Labute approximate surface area is 128 Å². The van der Waals surface area contributed by atoms with Crippen molar-refractivity contribution >= 4 is 17.4 Å². The molecule has 0 amide bonds. The van der Waals surface area contributed by atoms with Gasteiger partial charge in [0, 0.05) is 16.8 Å². The molecule has 1 atom stereocenters. The van der Waals surface area contributed by atoms with Crippen LogP contribution in [0.4, 0.5) is 5.82 Å². The number of halogens is 1. The molecule has 0 fully saturated rings. The number of nitrogen functional groups attached to an aromatic ring is 1. The zero-order valence-corrected chi connectivity index (χ0v) is 12.3. The van der Waals surface area contributed by atoms with E-state index >= 15 is 0 Å². The SMILES string of the molecule is CC(c1cccc(Cl)c1)n1cncc1-c1ccc(N)nc1. The first-order valence-electron chi connectivity index (χ1n) is 6.64. The van der Waals surface area contributed by atoms with E-state index < -0.39 is 0 Å². The molecule has 106 valence electrons. The normalized spacial score (nSPS) is 12.3. The molecule has 3 aromatic rings. The molecule has 2 N–H and O–H groups in total. The summed E-state index contributed by atoms with van der Waals surface area (Å²) in [6.07, 6.45) is 5.40. The Morgan fingerprint density at radius 2 is 2.05 bits per heavy atom. The number of nitrogens with two attached hydrogens (primary N) is 1. The predicted octanol–water partition coefficient (Wildman–Crippen LogP) is 3.79. The van der Waals surface area contributed by atoms with E-state index in [1.165, 1.54) is 0 Å². The van der Waals surface area contributed by atoms with Crippen molar-refractivity contribution in [1.29, 1.82) is 0 Å². The molecule has 0 aliphatic rings. The number of pyridine rings is 1. The maximum atomic E-state index is 6.08. The largest absolute Gasteiger partial charge is 0.384 e. The van der Waals surface area contributed by atoms with E-state index in [0.29, 0.717) is 5.82 Å². The topological polar surface area (TPSA) is 56.7 Å². The first kappa shape index (κ1) is 13.6. The molecule has 0 spiro atoms. The fraction of sp³-hybridized carbons (Fsp3) is 0.125. The van der Waals surface area contributed by atoms with Crippen molar-refractivity contribution in [2.24, 2.45) is 0 Å². The molecule has 2 heterocycles. The molecule has 0 bridgehead atoms. The second-order valence-electron chi connectivity index (χ2n) is 4.89. The molecule has 0 saturated heterocycles. The maximum absolute atomic E-state index is 6.08. The van der Waals surface area contributed by atoms with Gasteiger partial charge in [-0.2, -0.15) is 0 Å². The van der Waals surface area contributed by atoms with Crippen LogP contribution in [0.5, 0.6) is 0 Å². The number of benzene rings is 1. The van der Waals surface area contributed by atoms with Gasteiger partial charge < -0.3 is 10.3 Å². The van der Waals surface area contributed by atoms with Gasteiger partial charge in [0.15, 0.2) is 0 Å². The average molecular weight is 299 g/mol. The lowest BCUT2D eigenvalue weighted by Gasteiger charge is -2.17. The molecule has 0 aliphatic carbocycles. The second kappa shape index (κ2) is 5.58. The van der Waals surface area contributed by atoms with Crippen LogP contribution in [-0.4, -0.2) is 14.5 Å². The van der Waals surface area contributed by atoms with Gasteiger partial charge in [-0.3, -0.25) is 0 Å². The molecule has 2 aromatic heterocycles. The van der Waals surface area contributed by atoms with Crippen LogP contribution in [0.2, 0.25) is 5.02 Å². The monoisotopic (exact) mass is 298 g/mol. The van der Waals surface area contributed by atoms with Crippen molar-refractivity contribution in [2.75, 3.05) is 5.73 Å². The zero-order valence-electron chi connectivity index (χ0n) is 11.6. The molecule has 5 heteroatoms. The van der Waals surface area contributed by atoms with Crippen molar-refractivity contribution in [3.63, 3.8) is 0 Å². The summed E-state index contributed by atoms with van der Waals surface area (Å²) in [7, 11) is 0. The second-order valence-corrected chi connectivity index (χ2v) is 5.33. The van der Waals surface area contributed by atoms with Gasteiger partial charge in [-0.1, -0.05) is 23.7 Å². The first-order valence-corrected chi connectivity index (χ1v) is 7.02. The number of hydrogen-bond donors (Lipinski definition) is 1. The Morgan fingerprint density at radius 1 is 1.19 bits per heavy atom. The highest BCUT2D eigenvalue weighted by Crippen LogP contribution is 2.27. The highest BCUT2D eigenvalue weighted by molar-refractivity contribution is 6.30. The zero-order chi connectivity index (χ0) is 14.8. The number of rotatable bonds is 3. The number of imidazole rings is 1. The third-order valence-corrected chi connectivity index (χ3v) is 3.73. The lowest BCUT2D eigenvalue weighted by atomic mass is 10.1. The number of anilines is 1. The van der Waals surface area contributed by atoms with Crippen LogP contribution in [-0.2, 0) is 0 Å². The summed E-state index contributed by atoms with van der Waals surface area (Å²) in [6.45, 7) is 2.11. The minimum atomic E-state index is 0.124. The van der Waals surface area contributed by atoms with E-state index in [0.717, 1.165) is 21.8 Å². The Balaban J connectivity index is 2.00. The van der Waals surface area contributed by atoms with E-state index in [2.05, 4.69) is 27.5 Å². The predicted molar refractivity (Wildman–Crippen MR) is 85.1 cm³/mol. The van der Waals surface area contributed by atoms with Crippen LogP contribution in [0.3, 0.4) is 0 Å². The maximum Gasteiger partial charge on any atom is 0.123 e. The van der Waals surface area contributed by atoms with E-state index in [4.69, 9.17) is 17.3 Å². The van der Waals surface area contributed by atoms with Crippen LogP contribution in [0, 0.1) is 0 Å². The van der Waals surface area contributed by atoms with Gasteiger partial charge in [0.25, 0.3) is 0 Å². The van der Waals surface area contributed by atoms with Gasteiger partial charge in [0.05, 0.1) is 24.3 Å². The lowest BCUT2D eigenvalue weighted by molar-refractivity contribution is 0.644. The fourth-order valence-corrected chi connectivity index (χ4v) is 2.52. The van der Waals surface area contributed by atoms with Crippen LogP contribution >= 0.6 is 11.6 Å². The molecule has 0 aliphatic heterocycles. The number of aromatic nitrogens is 3. The Hall–Kier alpha value is -2.33. The molecule has 0 radical (unpaired) electrons. The van der Waals surface area contributed by atoms with Gasteiger partial charge in [-0.25, -0.2) is 9.97 Å². The van der Waals surface area contributed by atoms with Gasteiger partial charge >= 0.3 is 0 Å². The molecule has 1 unspecified atom stereocenters. The minimum Gasteiger partial charge on any atom is -0.384 e. The highest BCUT2D eigenvalue weighted by Gasteiger charge is 2.13. The summed E-state index contributed by atoms with van der Waals surface area (Å²) in [5.41, 5.74) is 8.74. The van der Waals surface area contributed by atoms with Gasteiger partial charge in [-0.15, -0.1) is 0 Å². The highest BCUT2D eigenvalue weighted by atomic mass is 35.5. The third-order valence-electron chi connectivity index (χ3n) is 3.50. The van der Waals surface area contributed by atoms with Crippen molar-refractivity contribution in [3.8, 4) is 11.3 Å². The first-order chi connectivity index (χ1) is 10.1. The Morgan fingerprint density at radius 3 is 2.76 bits per heavy atom. The van der Waals surface area contributed by atoms with Crippen molar-refractivity contribution in [2.45, 2.75) is 13.0 Å². The van der Waals surface area contributed by atoms with E-state index in [-0.39, 0.29) is 6.04 Å². The third kappa shape index (κ3) is 2.76. The van der Waals surface area contributed by atoms with Crippen LogP contribution < -0.4 is 5.73 Å². The average Bonchev–Trinajstić information content (AvgIpc) is 2.96. The standard InChI is InChI=1S/C16H15ClN4/c1-11(12-3-2-4-14(17)7-12)21-10-19-9-15(21)13-5-6-16(18)20-8-13/h2-11H,1H3,(H2,18,20). The molecular weight excluding hydrogens is 284 g/mol. The summed E-state index contributed by atoms with van der Waals surface area (Å²) in [5, 5.41) is 0.732. The smallest absolute Gasteiger partial charge is 0.123 e. The number of nitrogens with zero attached hydrogens (tertiary/aromatic N) is 3. The molecule has 21 heavy (non-hydrogen) atoms. The summed E-state index contributed by atoms with van der Waals surface area (Å²) in [6, 6.07) is 11.7. The van der Waals surface area contributed by atoms with Crippen molar-refractivity contribution < 1.29 is 0 Å². The van der Waals surface area contributed by atoms with E-state index in [1.807, 2.05) is 36.8 Å². The van der Waals surface area contributed by atoms with Gasteiger partial charge in [0.1, 0.15) is 5.82 Å².